The van der Waals surface area contributed by atoms with Crippen molar-refractivity contribution in [1.82, 2.24) is 0 Å². The van der Waals surface area contributed by atoms with Gasteiger partial charge in [0.2, 0.25) is 11.8 Å². The summed E-state index contributed by atoms with van der Waals surface area (Å²) in [7, 11) is 3.18. The van der Waals surface area contributed by atoms with Gasteiger partial charge in [0, 0.05) is 0 Å². The normalized spacial score (nSPS) is 24.3. The summed E-state index contributed by atoms with van der Waals surface area (Å²) < 4.78 is 25.1. The maximum absolute atomic E-state index is 16.0. The standard InChI is InChI=1S/C41H30FNO5/c1-47-31-21-13-25(14-22-31)33-34(26-15-23-32(48-2)24-16-26)41(28-11-7-4-8-12-28)36-35(40(33,39(41)46)27-9-5-3-6-10-27)37(44)43(38(36)45)30-19-17-29(42)18-20-30/h3-24,35-36H,1-2H3/t35-,36+,40-,41-/m0/s1. The van der Waals surface area contributed by atoms with Crippen LogP contribution in [0, 0.1) is 17.7 Å². The highest BCUT2D eigenvalue weighted by molar-refractivity contribution is 6.39. The minimum absolute atomic E-state index is 0.223. The van der Waals surface area contributed by atoms with Gasteiger partial charge in [-0.2, -0.15) is 0 Å². The number of hydrogen-bond donors (Lipinski definition) is 0. The number of halogens is 1. The summed E-state index contributed by atoms with van der Waals surface area (Å²) in [5.74, 6) is -2.58. The van der Waals surface area contributed by atoms with E-state index in [9.17, 15) is 14.0 Å². The van der Waals surface area contributed by atoms with Gasteiger partial charge in [-0.25, -0.2) is 9.29 Å². The maximum atomic E-state index is 16.0. The third-order valence-corrected chi connectivity index (χ3v) is 10.3. The molecule has 2 aliphatic carbocycles. The number of fused-ring (bicyclic) bond motifs is 5. The topological polar surface area (TPSA) is 72.9 Å². The zero-order chi connectivity index (χ0) is 33.2. The Morgan fingerprint density at radius 2 is 0.938 bits per heavy atom. The number of imide groups is 1. The first-order valence-corrected chi connectivity index (χ1v) is 15.7. The van der Waals surface area contributed by atoms with E-state index in [0.717, 1.165) is 16.0 Å². The summed E-state index contributed by atoms with van der Waals surface area (Å²) in [5.41, 5.74) is 1.21. The minimum Gasteiger partial charge on any atom is -0.497 e. The monoisotopic (exact) mass is 635 g/mol. The van der Waals surface area contributed by atoms with Crippen molar-refractivity contribution in [2.75, 3.05) is 19.1 Å². The number of methoxy groups -OCH3 is 2. The fourth-order valence-corrected chi connectivity index (χ4v) is 8.48. The van der Waals surface area contributed by atoms with Gasteiger partial charge >= 0.3 is 0 Å². The molecule has 5 aromatic carbocycles. The van der Waals surface area contributed by atoms with Crippen molar-refractivity contribution in [3.63, 3.8) is 0 Å². The molecule has 7 heteroatoms. The summed E-state index contributed by atoms with van der Waals surface area (Å²) in [4.78, 5) is 47.1. The predicted octanol–water partition coefficient (Wildman–Crippen LogP) is 7.03. The molecule has 8 rings (SSSR count). The van der Waals surface area contributed by atoms with E-state index < -0.39 is 40.3 Å². The molecule has 0 N–H and O–H groups in total. The molecule has 0 spiro atoms. The molecule has 1 saturated carbocycles. The van der Waals surface area contributed by atoms with Crippen LogP contribution in [-0.2, 0) is 25.2 Å². The SMILES string of the molecule is COc1ccc(C2=C(c3ccc(OC)cc3)[C@]3(c4ccccc4)C(=O)[C@]2(c2ccccc2)[C@@H]2C(=O)N(c4ccc(F)cc4)C(=O)[C@@H]23)cc1. The summed E-state index contributed by atoms with van der Waals surface area (Å²) in [6.07, 6.45) is 0. The number of ether oxygens (including phenoxy) is 2. The molecule has 2 bridgehead atoms. The van der Waals surface area contributed by atoms with E-state index in [1.54, 1.807) is 14.2 Å². The lowest BCUT2D eigenvalue weighted by Crippen LogP contribution is -2.45. The number of rotatable bonds is 7. The van der Waals surface area contributed by atoms with Gasteiger partial charge in [-0.1, -0.05) is 84.9 Å². The predicted molar refractivity (Wildman–Crippen MR) is 180 cm³/mol. The number of hydrogen-bond acceptors (Lipinski definition) is 5. The number of ketones is 1. The molecule has 2 fully saturated rings. The number of nitrogens with zero attached hydrogens (tertiary/aromatic N) is 1. The van der Waals surface area contributed by atoms with Crippen molar-refractivity contribution in [2.24, 2.45) is 11.8 Å². The van der Waals surface area contributed by atoms with Crippen molar-refractivity contribution >= 4 is 34.4 Å². The molecular weight excluding hydrogens is 605 g/mol. The Balaban J connectivity index is 1.54. The zero-order valence-electron chi connectivity index (χ0n) is 26.2. The van der Waals surface area contributed by atoms with Crippen LogP contribution in [0.1, 0.15) is 22.3 Å². The van der Waals surface area contributed by atoms with E-state index in [4.69, 9.17) is 9.47 Å². The molecule has 6 nitrogen and oxygen atoms in total. The molecule has 1 aliphatic heterocycles. The van der Waals surface area contributed by atoms with Gasteiger partial charge in [0.1, 0.15) is 17.3 Å². The number of carbonyl (C=O) groups is 3. The van der Waals surface area contributed by atoms with Crippen molar-refractivity contribution in [2.45, 2.75) is 10.8 Å². The number of allylic oxidation sites excluding steroid dienone is 2. The second-order valence-electron chi connectivity index (χ2n) is 12.3. The molecule has 0 radical (unpaired) electrons. The van der Waals surface area contributed by atoms with E-state index >= 15 is 4.79 Å². The Kier molecular flexibility index (Phi) is 6.70. The molecule has 1 heterocycles. The first-order valence-electron chi connectivity index (χ1n) is 15.7. The Labute approximate surface area is 277 Å². The molecule has 2 amide bonds. The van der Waals surface area contributed by atoms with E-state index in [2.05, 4.69) is 0 Å². The summed E-state index contributed by atoms with van der Waals surface area (Å²) in [6, 6.07) is 38.9. The Morgan fingerprint density at radius 1 is 0.542 bits per heavy atom. The molecule has 0 unspecified atom stereocenters. The number of Topliss-reactive ketones (excluding diaryl/α,β-unsaturated/α-hetero) is 1. The highest BCUT2D eigenvalue weighted by Gasteiger charge is 2.82. The third kappa shape index (κ3) is 3.75. The molecule has 4 atom stereocenters. The average molecular weight is 636 g/mol. The average Bonchev–Trinajstić information content (AvgIpc) is 3.65. The van der Waals surface area contributed by atoms with E-state index in [-0.39, 0.29) is 11.5 Å². The smallest absolute Gasteiger partial charge is 0.239 e. The van der Waals surface area contributed by atoms with Gasteiger partial charge in [0.25, 0.3) is 0 Å². The van der Waals surface area contributed by atoms with Crippen molar-refractivity contribution in [1.29, 1.82) is 0 Å². The van der Waals surface area contributed by atoms with Crippen LogP contribution < -0.4 is 14.4 Å². The molecule has 5 aromatic rings. The van der Waals surface area contributed by atoms with Gasteiger partial charge in [0.05, 0.1) is 42.6 Å². The van der Waals surface area contributed by atoms with Gasteiger partial charge in [0.15, 0.2) is 5.78 Å². The van der Waals surface area contributed by atoms with Crippen LogP contribution in [0.3, 0.4) is 0 Å². The van der Waals surface area contributed by atoms with Crippen LogP contribution >= 0.6 is 0 Å². The van der Waals surface area contributed by atoms with Gasteiger partial charge in [-0.3, -0.25) is 14.4 Å². The molecule has 1 saturated heterocycles. The van der Waals surface area contributed by atoms with Crippen molar-refractivity contribution in [3.05, 3.63) is 162 Å². The quantitative estimate of drug-likeness (QED) is 0.180. The maximum Gasteiger partial charge on any atom is 0.239 e. The Bertz CT molecular complexity index is 1980. The highest BCUT2D eigenvalue weighted by atomic mass is 19.1. The largest absolute Gasteiger partial charge is 0.497 e. The van der Waals surface area contributed by atoms with Gasteiger partial charge < -0.3 is 9.47 Å². The molecular formula is C41H30FNO5. The van der Waals surface area contributed by atoms with Crippen LogP contribution in [0.2, 0.25) is 0 Å². The van der Waals surface area contributed by atoms with Crippen molar-refractivity contribution < 1.29 is 28.2 Å². The lowest BCUT2D eigenvalue weighted by molar-refractivity contribution is -0.130. The van der Waals surface area contributed by atoms with Crippen LogP contribution in [-0.4, -0.2) is 31.8 Å². The zero-order valence-corrected chi connectivity index (χ0v) is 26.2. The lowest BCUT2D eigenvalue weighted by atomic mass is 9.59. The summed E-state index contributed by atoms with van der Waals surface area (Å²) in [6.45, 7) is 0. The third-order valence-electron chi connectivity index (χ3n) is 10.3. The molecule has 236 valence electrons. The number of carbonyl (C=O) groups excluding carboxylic acids is 3. The van der Waals surface area contributed by atoms with E-state index in [1.165, 1.54) is 24.3 Å². The van der Waals surface area contributed by atoms with Gasteiger partial charge in [-0.15, -0.1) is 0 Å². The minimum atomic E-state index is -1.55. The van der Waals surface area contributed by atoms with Crippen LogP contribution in [0.4, 0.5) is 10.1 Å². The fourth-order valence-electron chi connectivity index (χ4n) is 8.48. The van der Waals surface area contributed by atoms with Crippen molar-refractivity contribution in [3.8, 4) is 11.5 Å². The number of benzene rings is 5. The van der Waals surface area contributed by atoms with Gasteiger partial charge in [-0.05, 0) is 81.9 Å². The lowest BCUT2D eigenvalue weighted by Gasteiger charge is -2.39. The number of amides is 2. The number of anilines is 1. The first kappa shape index (κ1) is 29.6. The molecule has 3 aliphatic rings. The Hall–Kier alpha value is -5.82. The van der Waals surface area contributed by atoms with Crippen LogP contribution in [0.25, 0.3) is 11.1 Å². The second-order valence-corrected chi connectivity index (χ2v) is 12.3. The molecule has 48 heavy (non-hydrogen) atoms. The van der Waals surface area contributed by atoms with E-state index in [1.807, 2.05) is 109 Å². The summed E-state index contributed by atoms with van der Waals surface area (Å²) >= 11 is 0. The highest BCUT2D eigenvalue weighted by Crippen LogP contribution is 2.74. The molecule has 0 aromatic heterocycles. The van der Waals surface area contributed by atoms with E-state index in [0.29, 0.717) is 33.8 Å². The fraction of sp³-hybridized carbons (Fsp3) is 0.146. The second kappa shape index (κ2) is 10.9. The Morgan fingerprint density at radius 3 is 1.31 bits per heavy atom. The summed E-state index contributed by atoms with van der Waals surface area (Å²) in [5, 5.41) is 0. The first-order chi connectivity index (χ1) is 23.4. The van der Waals surface area contributed by atoms with Crippen LogP contribution in [0.15, 0.2) is 133 Å². The van der Waals surface area contributed by atoms with Crippen LogP contribution in [0.5, 0.6) is 11.5 Å².